The number of benzene rings is 1. The van der Waals surface area contributed by atoms with E-state index in [1.165, 1.54) is 12.1 Å². The lowest BCUT2D eigenvalue weighted by molar-refractivity contribution is -0.384. The Balaban J connectivity index is 2.41. The lowest BCUT2D eigenvalue weighted by Crippen LogP contribution is -2.52. The molecule has 1 aliphatic carbocycles. The van der Waals surface area contributed by atoms with Crippen molar-refractivity contribution >= 4 is 27.3 Å². The third kappa shape index (κ3) is 3.18. The predicted octanol–water partition coefficient (Wildman–Crippen LogP) is 3.82. The maximum Gasteiger partial charge on any atom is 0.293 e. The van der Waals surface area contributed by atoms with E-state index in [4.69, 9.17) is 5.73 Å². The Morgan fingerprint density at radius 1 is 1.57 bits per heavy atom. The molecule has 2 atom stereocenters. The van der Waals surface area contributed by atoms with Crippen molar-refractivity contribution in [2.24, 2.45) is 11.7 Å². The van der Waals surface area contributed by atoms with Gasteiger partial charge in [0, 0.05) is 18.7 Å². The molecule has 0 bridgehead atoms. The van der Waals surface area contributed by atoms with Crippen LogP contribution < -0.4 is 11.1 Å². The minimum absolute atomic E-state index is 0.0817. The molecule has 7 heteroatoms. The summed E-state index contributed by atoms with van der Waals surface area (Å²) in [5.41, 5.74) is 5.57. The van der Waals surface area contributed by atoms with E-state index in [0.29, 0.717) is 6.54 Å². The number of halogens is 2. The van der Waals surface area contributed by atoms with Gasteiger partial charge in [-0.15, -0.1) is 0 Å². The van der Waals surface area contributed by atoms with Gasteiger partial charge >= 0.3 is 0 Å². The van der Waals surface area contributed by atoms with Gasteiger partial charge in [0.15, 0.2) is 0 Å². The van der Waals surface area contributed by atoms with E-state index < -0.39 is 16.3 Å². The molecular weight excluding hydrogens is 341 g/mol. The second-order valence-corrected chi connectivity index (χ2v) is 6.53. The molecule has 0 aliphatic heterocycles. The highest BCUT2D eigenvalue weighted by Crippen LogP contribution is 2.39. The summed E-state index contributed by atoms with van der Waals surface area (Å²) in [6, 6.07) is 2.36. The van der Waals surface area contributed by atoms with E-state index in [0.717, 1.165) is 25.7 Å². The number of nitrogens with one attached hydrogen (secondary N) is 1. The van der Waals surface area contributed by atoms with Gasteiger partial charge in [0.1, 0.15) is 11.5 Å². The molecule has 116 valence electrons. The van der Waals surface area contributed by atoms with Crippen LogP contribution in [0.5, 0.6) is 0 Å². The van der Waals surface area contributed by atoms with Crippen LogP contribution in [0.3, 0.4) is 0 Å². The first-order chi connectivity index (χ1) is 9.89. The molecule has 0 saturated heterocycles. The summed E-state index contributed by atoms with van der Waals surface area (Å²) in [6.07, 6.45) is 3.99. The van der Waals surface area contributed by atoms with Crippen molar-refractivity contribution in [3.63, 3.8) is 0 Å². The van der Waals surface area contributed by atoms with Gasteiger partial charge in [-0.2, -0.15) is 0 Å². The fraction of sp³-hybridized carbons (Fsp3) is 0.571. The van der Waals surface area contributed by atoms with Crippen LogP contribution in [0.25, 0.3) is 0 Å². The molecule has 0 amide bonds. The average molecular weight is 360 g/mol. The fourth-order valence-corrected chi connectivity index (χ4v) is 3.34. The molecule has 2 unspecified atom stereocenters. The van der Waals surface area contributed by atoms with Gasteiger partial charge in [0.25, 0.3) is 5.69 Å². The standard InChI is InChI=1S/C14H19BrFN3O2/c1-9-4-2-3-5-14(9,8-17)18-12-7-11(16)10(15)6-13(12)19(20)21/h6-7,9,18H,2-5,8,17H2,1H3. The number of nitrogens with two attached hydrogens (primary N) is 1. The molecule has 5 nitrogen and oxygen atoms in total. The van der Waals surface area contributed by atoms with E-state index in [-0.39, 0.29) is 21.8 Å². The summed E-state index contributed by atoms with van der Waals surface area (Å²) in [5.74, 6) is -0.249. The van der Waals surface area contributed by atoms with E-state index in [9.17, 15) is 14.5 Å². The highest BCUT2D eigenvalue weighted by molar-refractivity contribution is 9.10. The Labute approximate surface area is 131 Å². The second-order valence-electron chi connectivity index (χ2n) is 5.67. The summed E-state index contributed by atoms with van der Waals surface area (Å²) < 4.78 is 13.8. The molecule has 1 aliphatic rings. The van der Waals surface area contributed by atoms with Crippen LogP contribution >= 0.6 is 15.9 Å². The van der Waals surface area contributed by atoms with E-state index in [1.54, 1.807) is 0 Å². The number of nitro benzene ring substituents is 1. The van der Waals surface area contributed by atoms with E-state index in [1.807, 2.05) is 0 Å². The molecule has 1 fully saturated rings. The van der Waals surface area contributed by atoms with Crippen molar-refractivity contribution in [1.82, 2.24) is 0 Å². The summed E-state index contributed by atoms with van der Waals surface area (Å²) in [5, 5.41) is 14.4. The van der Waals surface area contributed by atoms with Crippen LogP contribution in [-0.4, -0.2) is 17.0 Å². The van der Waals surface area contributed by atoms with E-state index >= 15 is 0 Å². The van der Waals surface area contributed by atoms with Gasteiger partial charge in [0.05, 0.1) is 14.9 Å². The topological polar surface area (TPSA) is 81.2 Å². The Hall–Kier alpha value is -1.21. The van der Waals surface area contributed by atoms with E-state index in [2.05, 4.69) is 28.2 Å². The second kappa shape index (κ2) is 6.27. The Morgan fingerprint density at radius 2 is 2.29 bits per heavy atom. The number of hydrogen-bond acceptors (Lipinski definition) is 4. The van der Waals surface area contributed by atoms with Crippen molar-refractivity contribution < 1.29 is 9.31 Å². The Bertz CT molecular complexity index is 555. The summed E-state index contributed by atoms with van der Waals surface area (Å²) in [7, 11) is 0. The van der Waals surface area contributed by atoms with Gasteiger partial charge < -0.3 is 11.1 Å². The molecule has 0 aromatic heterocycles. The Morgan fingerprint density at radius 3 is 2.86 bits per heavy atom. The third-order valence-corrected chi connectivity index (χ3v) is 5.04. The average Bonchev–Trinajstić information content (AvgIpc) is 2.45. The maximum absolute atomic E-state index is 13.8. The smallest absolute Gasteiger partial charge is 0.293 e. The number of nitro groups is 1. The van der Waals surface area contributed by atoms with Crippen LogP contribution in [0, 0.1) is 21.8 Å². The number of hydrogen-bond donors (Lipinski definition) is 2. The minimum atomic E-state index is -0.529. The summed E-state index contributed by atoms with van der Waals surface area (Å²) in [4.78, 5) is 10.7. The first-order valence-electron chi connectivity index (χ1n) is 7.01. The summed E-state index contributed by atoms with van der Waals surface area (Å²) >= 11 is 2.98. The van der Waals surface area contributed by atoms with Crippen molar-refractivity contribution in [2.75, 3.05) is 11.9 Å². The zero-order chi connectivity index (χ0) is 15.6. The van der Waals surface area contributed by atoms with Gasteiger partial charge in [0.2, 0.25) is 0 Å². The monoisotopic (exact) mass is 359 g/mol. The summed E-state index contributed by atoms with van der Waals surface area (Å²) in [6.45, 7) is 2.45. The number of rotatable bonds is 4. The normalized spacial score (nSPS) is 25.6. The molecule has 0 radical (unpaired) electrons. The molecule has 0 heterocycles. The molecule has 1 aromatic carbocycles. The predicted molar refractivity (Wildman–Crippen MR) is 83.8 cm³/mol. The highest BCUT2D eigenvalue weighted by Gasteiger charge is 2.38. The van der Waals surface area contributed by atoms with Crippen molar-refractivity contribution in [2.45, 2.75) is 38.1 Å². The molecule has 21 heavy (non-hydrogen) atoms. The van der Waals surface area contributed by atoms with Crippen molar-refractivity contribution in [3.8, 4) is 0 Å². The first kappa shape index (κ1) is 16.2. The van der Waals surface area contributed by atoms with Gasteiger partial charge in [-0.1, -0.05) is 19.8 Å². The molecule has 1 aromatic rings. The van der Waals surface area contributed by atoms with Crippen LogP contribution in [-0.2, 0) is 0 Å². The molecule has 1 saturated carbocycles. The van der Waals surface area contributed by atoms with Crippen LogP contribution in [0.4, 0.5) is 15.8 Å². The Kier molecular flexibility index (Phi) is 4.83. The quantitative estimate of drug-likeness (QED) is 0.632. The highest BCUT2D eigenvalue weighted by atomic mass is 79.9. The first-order valence-corrected chi connectivity index (χ1v) is 7.80. The lowest BCUT2D eigenvalue weighted by atomic mass is 9.73. The maximum atomic E-state index is 13.8. The molecule has 3 N–H and O–H groups in total. The van der Waals surface area contributed by atoms with Gasteiger partial charge in [-0.3, -0.25) is 10.1 Å². The van der Waals surface area contributed by atoms with Crippen LogP contribution in [0.2, 0.25) is 0 Å². The SMILES string of the molecule is CC1CCCCC1(CN)Nc1cc(F)c(Br)cc1[N+](=O)[O-]. The zero-order valence-electron chi connectivity index (χ0n) is 11.9. The lowest BCUT2D eigenvalue weighted by Gasteiger charge is -2.43. The van der Waals surface area contributed by atoms with Crippen LogP contribution in [0.1, 0.15) is 32.6 Å². The molecule has 0 spiro atoms. The largest absolute Gasteiger partial charge is 0.372 e. The zero-order valence-corrected chi connectivity index (χ0v) is 13.5. The third-order valence-electron chi connectivity index (χ3n) is 4.44. The number of anilines is 1. The van der Waals surface area contributed by atoms with Crippen molar-refractivity contribution in [3.05, 3.63) is 32.5 Å². The molecule has 2 rings (SSSR count). The van der Waals surface area contributed by atoms with Crippen LogP contribution in [0.15, 0.2) is 16.6 Å². The van der Waals surface area contributed by atoms with Crippen molar-refractivity contribution in [1.29, 1.82) is 0 Å². The number of nitrogens with zero attached hydrogens (tertiary/aromatic N) is 1. The minimum Gasteiger partial charge on any atom is -0.372 e. The van der Waals surface area contributed by atoms with Gasteiger partial charge in [-0.25, -0.2) is 4.39 Å². The molecular formula is C14H19BrFN3O2. The fourth-order valence-electron chi connectivity index (χ4n) is 3.01. The van der Waals surface area contributed by atoms with Gasteiger partial charge in [-0.05, 0) is 34.7 Å².